The lowest BCUT2D eigenvalue weighted by Crippen LogP contribution is -2.40. The molecule has 1 aromatic rings. The Hall–Kier alpha value is -1.71. The molecule has 4 nitrogen and oxygen atoms in total. The number of amides is 1. The minimum atomic E-state index is -0.418. The van der Waals surface area contributed by atoms with Crippen LogP contribution in [0.5, 0.6) is 5.75 Å². The molecule has 1 aromatic carbocycles. The fourth-order valence-electron chi connectivity index (χ4n) is 3.46. The van der Waals surface area contributed by atoms with Gasteiger partial charge in [0.2, 0.25) is 0 Å². The van der Waals surface area contributed by atoms with E-state index in [0.29, 0.717) is 12.5 Å². The van der Waals surface area contributed by atoms with Crippen molar-refractivity contribution in [1.29, 1.82) is 0 Å². The van der Waals surface area contributed by atoms with Crippen LogP contribution < -0.4 is 10.5 Å². The third kappa shape index (κ3) is 3.14. The number of fused-ring (bicyclic) bond motifs is 1. The second-order valence-corrected chi connectivity index (χ2v) is 6.35. The van der Waals surface area contributed by atoms with Crippen LogP contribution in [0.1, 0.15) is 44.6 Å². The zero-order valence-electron chi connectivity index (χ0n) is 12.7. The molecule has 0 saturated heterocycles. The summed E-state index contributed by atoms with van der Waals surface area (Å²) in [4.78, 5) is 14.5. The summed E-state index contributed by atoms with van der Waals surface area (Å²) >= 11 is 0. The Morgan fingerprint density at radius 3 is 2.81 bits per heavy atom. The topological polar surface area (TPSA) is 55.6 Å². The van der Waals surface area contributed by atoms with E-state index in [1.807, 2.05) is 30.0 Å². The lowest BCUT2D eigenvalue weighted by molar-refractivity contribution is -0.138. The molecule has 114 valence electrons. The average molecular weight is 288 g/mol. The number of carbonyl (C=O) groups excluding carboxylic acids is 1. The summed E-state index contributed by atoms with van der Waals surface area (Å²) in [6, 6.07) is 5.62. The van der Waals surface area contributed by atoms with E-state index >= 15 is 0 Å². The van der Waals surface area contributed by atoms with Gasteiger partial charge >= 0.3 is 0 Å². The quantitative estimate of drug-likeness (QED) is 0.851. The Balaban J connectivity index is 1.80. The highest BCUT2D eigenvalue weighted by Gasteiger charge is 2.29. The summed E-state index contributed by atoms with van der Waals surface area (Å²) in [5, 5.41) is 0. The van der Waals surface area contributed by atoms with Crippen molar-refractivity contribution in [2.75, 3.05) is 12.3 Å². The molecule has 4 heteroatoms. The van der Waals surface area contributed by atoms with Crippen molar-refractivity contribution in [3.8, 4) is 5.75 Å². The van der Waals surface area contributed by atoms with Gasteiger partial charge in [0.1, 0.15) is 5.75 Å². The van der Waals surface area contributed by atoms with Crippen molar-refractivity contribution in [1.82, 2.24) is 4.90 Å². The molecule has 1 aliphatic carbocycles. The largest absolute Gasteiger partial charge is 0.481 e. The summed E-state index contributed by atoms with van der Waals surface area (Å²) in [6.45, 7) is 3.29. The summed E-state index contributed by atoms with van der Waals surface area (Å²) in [7, 11) is 0. The summed E-state index contributed by atoms with van der Waals surface area (Å²) in [5.41, 5.74) is 7.61. The molecule has 2 N–H and O–H groups in total. The van der Waals surface area contributed by atoms with E-state index in [4.69, 9.17) is 10.5 Å². The van der Waals surface area contributed by atoms with Gasteiger partial charge in [-0.15, -0.1) is 0 Å². The molecule has 1 amide bonds. The van der Waals surface area contributed by atoms with Gasteiger partial charge < -0.3 is 15.4 Å². The van der Waals surface area contributed by atoms with Crippen molar-refractivity contribution in [2.45, 2.75) is 51.7 Å². The number of nitrogen functional groups attached to an aromatic ring is 1. The van der Waals surface area contributed by atoms with Crippen LogP contribution >= 0.6 is 0 Å². The minimum Gasteiger partial charge on any atom is -0.481 e. The Morgan fingerprint density at radius 1 is 1.29 bits per heavy atom. The molecule has 1 saturated carbocycles. The van der Waals surface area contributed by atoms with E-state index in [-0.39, 0.29) is 5.91 Å². The second kappa shape index (κ2) is 5.96. The van der Waals surface area contributed by atoms with E-state index in [9.17, 15) is 4.79 Å². The Kier molecular flexibility index (Phi) is 4.04. The number of benzene rings is 1. The van der Waals surface area contributed by atoms with Gasteiger partial charge in [-0.3, -0.25) is 4.79 Å². The van der Waals surface area contributed by atoms with E-state index in [1.165, 1.54) is 32.1 Å². The Bertz CT molecular complexity index is 524. The average Bonchev–Trinajstić information content (AvgIpc) is 2.59. The van der Waals surface area contributed by atoms with Gasteiger partial charge in [0.25, 0.3) is 5.91 Å². The number of ether oxygens (including phenoxy) is 1. The highest BCUT2D eigenvalue weighted by Crippen LogP contribution is 2.30. The van der Waals surface area contributed by atoms with Gasteiger partial charge in [-0.1, -0.05) is 19.3 Å². The number of nitrogens with zero attached hydrogens (tertiary/aromatic N) is 1. The minimum absolute atomic E-state index is 0.0929. The maximum Gasteiger partial charge on any atom is 0.263 e. The maximum atomic E-state index is 12.5. The third-order valence-corrected chi connectivity index (χ3v) is 4.61. The molecule has 1 fully saturated rings. The lowest BCUT2D eigenvalue weighted by atomic mass is 9.89. The van der Waals surface area contributed by atoms with Crippen molar-refractivity contribution in [2.24, 2.45) is 5.92 Å². The third-order valence-electron chi connectivity index (χ3n) is 4.61. The van der Waals surface area contributed by atoms with Crippen molar-refractivity contribution < 1.29 is 9.53 Å². The molecule has 0 spiro atoms. The summed E-state index contributed by atoms with van der Waals surface area (Å²) < 4.78 is 5.80. The molecule has 1 atom stereocenters. The standard InChI is InChI=1S/C17H24N2O2/c1-12-17(20)19(10-13-5-3-2-4-6-13)11-14-9-15(18)7-8-16(14)21-12/h7-9,12-13H,2-6,10-11,18H2,1H3/t12-/m1/s1. The Morgan fingerprint density at radius 2 is 2.05 bits per heavy atom. The van der Waals surface area contributed by atoms with Crippen LogP contribution in [0.25, 0.3) is 0 Å². The first-order valence-electron chi connectivity index (χ1n) is 7.97. The predicted molar refractivity (Wildman–Crippen MR) is 82.9 cm³/mol. The first-order valence-corrected chi connectivity index (χ1v) is 7.97. The second-order valence-electron chi connectivity index (χ2n) is 6.35. The lowest BCUT2D eigenvalue weighted by Gasteiger charge is -2.29. The number of nitrogens with two attached hydrogens (primary N) is 1. The van der Waals surface area contributed by atoms with E-state index < -0.39 is 6.10 Å². The molecule has 0 radical (unpaired) electrons. The number of carbonyl (C=O) groups is 1. The molecule has 0 aromatic heterocycles. The van der Waals surface area contributed by atoms with Crippen molar-refractivity contribution >= 4 is 11.6 Å². The van der Waals surface area contributed by atoms with Gasteiger partial charge in [0.15, 0.2) is 6.10 Å². The Labute approximate surface area is 126 Å². The number of anilines is 1. The monoisotopic (exact) mass is 288 g/mol. The fourth-order valence-corrected chi connectivity index (χ4v) is 3.46. The van der Waals surface area contributed by atoms with Crippen LogP contribution in [0.15, 0.2) is 18.2 Å². The molecule has 0 bridgehead atoms. The van der Waals surface area contributed by atoms with Crippen LogP contribution in [0.2, 0.25) is 0 Å². The van der Waals surface area contributed by atoms with Crippen LogP contribution in [0.4, 0.5) is 5.69 Å². The first-order chi connectivity index (χ1) is 10.1. The molecule has 2 aliphatic rings. The van der Waals surface area contributed by atoms with Gasteiger partial charge in [-0.2, -0.15) is 0 Å². The van der Waals surface area contributed by atoms with Crippen molar-refractivity contribution in [3.63, 3.8) is 0 Å². The van der Waals surface area contributed by atoms with Crippen LogP contribution in [0, 0.1) is 5.92 Å². The highest BCUT2D eigenvalue weighted by molar-refractivity contribution is 5.81. The fraction of sp³-hybridized carbons (Fsp3) is 0.588. The predicted octanol–water partition coefficient (Wildman–Crippen LogP) is 2.96. The molecule has 21 heavy (non-hydrogen) atoms. The van der Waals surface area contributed by atoms with Gasteiger partial charge in [-0.05, 0) is 43.9 Å². The smallest absolute Gasteiger partial charge is 0.263 e. The van der Waals surface area contributed by atoms with E-state index in [0.717, 1.165) is 23.5 Å². The SMILES string of the molecule is C[C@H]1Oc2ccc(N)cc2CN(CC2CCCCC2)C1=O. The van der Waals surface area contributed by atoms with Crippen LogP contribution in [-0.4, -0.2) is 23.5 Å². The van der Waals surface area contributed by atoms with Gasteiger partial charge in [0, 0.05) is 24.3 Å². The number of rotatable bonds is 2. The molecule has 1 aliphatic heterocycles. The van der Waals surface area contributed by atoms with Crippen LogP contribution in [0.3, 0.4) is 0 Å². The number of hydrogen-bond donors (Lipinski definition) is 1. The maximum absolute atomic E-state index is 12.5. The first kappa shape index (κ1) is 14.2. The molecular formula is C17H24N2O2. The number of hydrogen-bond acceptors (Lipinski definition) is 3. The van der Waals surface area contributed by atoms with Gasteiger partial charge in [-0.25, -0.2) is 0 Å². The highest BCUT2D eigenvalue weighted by atomic mass is 16.5. The summed E-state index contributed by atoms with van der Waals surface area (Å²) in [6.07, 6.45) is 5.98. The van der Waals surface area contributed by atoms with Crippen LogP contribution in [-0.2, 0) is 11.3 Å². The molecule has 0 unspecified atom stereocenters. The molecule has 1 heterocycles. The molecular weight excluding hydrogens is 264 g/mol. The normalized spacial score (nSPS) is 23.4. The molecule has 3 rings (SSSR count). The zero-order valence-corrected chi connectivity index (χ0v) is 12.7. The van der Waals surface area contributed by atoms with E-state index in [2.05, 4.69) is 0 Å². The summed E-state index contributed by atoms with van der Waals surface area (Å²) in [5.74, 6) is 1.52. The van der Waals surface area contributed by atoms with Gasteiger partial charge in [0.05, 0.1) is 0 Å². The van der Waals surface area contributed by atoms with E-state index in [1.54, 1.807) is 0 Å². The zero-order chi connectivity index (χ0) is 14.8. The van der Waals surface area contributed by atoms with Crippen molar-refractivity contribution in [3.05, 3.63) is 23.8 Å².